The van der Waals surface area contributed by atoms with E-state index in [1.54, 1.807) is 141 Å². The van der Waals surface area contributed by atoms with Crippen molar-refractivity contribution in [2.45, 2.75) is 112 Å². The van der Waals surface area contributed by atoms with E-state index in [9.17, 15) is 43.8 Å². The number of carbonyl (C=O) groups excluding carboxylic acids is 7. The average Bonchev–Trinajstić information content (AvgIpc) is 1.77. The summed E-state index contributed by atoms with van der Waals surface area (Å²) in [6, 6.07) is 54.6. The van der Waals surface area contributed by atoms with Crippen LogP contribution in [-0.2, 0) is 66.3 Å². The molecule has 4 aliphatic rings. The van der Waals surface area contributed by atoms with Gasteiger partial charge in [0, 0.05) is 0 Å². The molecular weight excluding hydrogens is 1210 g/mol. The second kappa shape index (κ2) is 29.8. The molecule has 93 heavy (non-hydrogen) atoms. The zero-order valence-corrected chi connectivity index (χ0v) is 50.0. The van der Waals surface area contributed by atoms with Crippen LogP contribution < -0.4 is 0 Å². The van der Waals surface area contributed by atoms with Crippen molar-refractivity contribution in [3.05, 3.63) is 251 Å². The van der Waals surface area contributed by atoms with Crippen LogP contribution in [0.25, 0.3) is 0 Å². The Labute approximate surface area is 532 Å². The molecular formula is C70H64O23. The van der Waals surface area contributed by atoms with Gasteiger partial charge in [-0.05, 0) is 98.8 Å². The first-order valence-electron chi connectivity index (χ1n) is 29.8. The van der Waals surface area contributed by atoms with Crippen molar-refractivity contribution in [2.24, 2.45) is 0 Å². The lowest BCUT2D eigenvalue weighted by Gasteiger charge is -2.45. The fraction of sp³-hybridized carbons (Fsp3) is 0.300. The average molecular weight is 1270 g/mol. The van der Waals surface area contributed by atoms with E-state index < -0.39 is 160 Å². The monoisotopic (exact) mass is 1270 g/mol. The molecule has 0 spiro atoms. The van der Waals surface area contributed by atoms with Gasteiger partial charge >= 0.3 is 41.8 Å². The second-order valence-electron chi connectivity index (χ2n) is 22.3. The highest BCUT2D eigenvalue weighted by molar-refractivity contribution is 5.93. The molecule has 0 amide bonds. The Morgan fingerprint density at radius 3 is 1.14 bits per heavy atom. The van der Waals surface area contributed by atoms with E-state index in [4.69, 9.17) is 66.3 Å². The molecule has 6 unspecified atom stereocenters. The fourth-order valence-electron chi connectivity index (χ4n) is 10.8. The number of hydrogen-bond acceptors (Lipinski definition) is 23. The molecule has 15 atom stereocenters. The normalized spacial score (nSPS) is 26.4. The number of aliphatic hydroxyl groups is 2. The Kier molecular flexibility index (Phi) is 20.8. The minimum atomic E-state index is -2.00. The van der Waals surface area contributed by atoms with Crippen LogP contribution in [0.5, 0.6) is 0 Å². The predicted octanol–water partition coefficient (Wildman–Crippen LogP) is 7.28. The third-order valence-electron chi connectivity index (χ3n) is 15.4. The lowest BCUT2D eigenvalue weighted by molar-refractivity contribution is -0.326. The van der Waals surface area contributed by atoms with Crippen LogP contribution in [0.15, 0.2) is 212 Å². The van der Waals surface area contributed by atoms with Gasteiger partial charge in [0.25, 0.3) is 0 Å². The highest BCUT2D eigenvalue weighted by Gasteiger charge is 2.61. The van der Waals surface area contributed by atoms with Crippen molar-refractivity contribution < 1.29 is 110 Å². The Balaban J connectivity index is 0.932. The van der Waals surface area contributed by atoms with Gasteiger partial charge < -0.3 is 76.5 Å². The van der Waals surface area contributed by atoms with Gasteiger partial charge in [0.1, 0.15) is 55.9 Å². The first kappa shape index (κ1) is 65.0. The minimum Gasteiger partial charge on any atom is -0.459 e. The summed E-state index contributed by atoms with van der Waals surface area (Å²) >= 11 is 0. The van der Waals surface area contributed by atoms with E-state index in [1.165, 1.54) is 84.9 Å². The Morgan fingerprint density at radius 1 is 0.398 bits per heavy atom. The number of aliphatic hydroxyl groups excluding tert-OH is 2. The summed E-state index contributed by atoms with van der Waals surface area (Å²) in [6.07, 6.45) is -25.5. The predicted molar refractivity (Wildman–Crippen MR) is 321 cm³/mol. The molecule has 0 radical (unpaired) electrons. The van der Waals surface area contributed by atoms with Crippen molar-refractivity contribution in [3.63, 3.8) is 0 Å². The number of ether oxygens (including phenoxy) is 14. The van der Waals surface area contributed by atoms with E-state index in [0.29, 0.717) is 0 Å². The van der Waals surface area contributed by atoms with Crippen LogP contribution >= 0.6 is 0 Å². The molecule has 2 N–H and O–H groups in total. The van der Waals surface area contributed by atoms with Crippen LogP contribution in [0.4, 0.5) is 0 Å². The molecule has 4 fully saturated rings. The topological polar surface area (TPSA) is 289 Å². The van der Waals surface area contributed by atoms with Crippen LogP contribution in [-0.4, -0.2) is 170 Å². The van der Waals surface area contributed by atoms with Crippen molar-refractivity contribution in [3.8, 4) is 0 Å². The van der Waals surface area contributed by atoms with Gasteiger partial charge in [-0.1, -0.05) is 127 Å². The van der Waals surface area contributed by atoms with Gasteiger partial charge in [0.2, 0.25) is 0 Å². The molecule has 4 heterocycles. The van der Waals surface area contributed by atoms with Crippen molar-refractivity contribution in [1.29, 1.82) is 0 Å². The molecule has 0 bridgehead atoms. The first-order valence-corrected chi connectivity index (χ1v) is 29.8. The lowest BCUT2D eigenvalue weighted by atomic mass is 9.97. The quantitative estimate of drug-likeness (QED) is 0.0498. The third-order valence-corrected chi connectivity index (χ3v) is 15.4. The zero-order valence-electron chi connectivity index (χ0n) is 50.0. The molecule has 7 aromatic rings. The summed E-state index contributed by atoms with van der Waals surface area (Å²) in [5.41, 5.74) is 0.516. The van der Waals surface area contributed by atoms with Crippen molar-refractivity contribution >= 4 is 41.8 Å². The molecule has 23 nitrogen and oxygen atoms in total. The van der Waals surface area contributed by atoms with Crippen molar-refractivity contribution in [2.75, 3.05) is 19.8 Å². The number of esters is 7. The highest BCUT2D eigenvalue weighted by Crippen LogP contribution is 2.42. The molecule has 0 aromatic heterocycles. The van der Waals surface area contributed by atoms with Gasteiger partial charge in [0.15, 0.2) is 55.2 Å². The van der Waals surface area contributed by atoms with E-state index in [1.807, 2.05) is 0 Å². The SMILES string of the molecule is CC1(C)OC2[C@@H](O[C@@H](C(O)CO[C@@H]3OC(COC(=O)c4ccccc4)[C@H](OC(=O)c4ccccc4)[C@H](OC(=O)c4ccccc4)C3OC(=O)c3ccccc3)[C@@H]2O[C@@H]2OC(COC(=O)c3ccccc3)[C@H](OC(=O)c3ccccc3)[C@H](O)C2OC(=O)c2ccccc2)O1. The highest BCUT2D eigenvalue weighted by atomic mass is 16.9. The number of fused-ring (bicyclic) bond motifs is 1. The Bertz CT molecular complexity index is 3660. The van der Waals surface area contributed by atoms with Crippen molar-refractivity contribution in [1.82, 2.24) is 0 Å². The maximum Gasteiger partial charge on any atom is 0.338 e. The lowest BCUT2D eigenvalue weighted by Crippen LogP contribution is -2.64. The van der Waals surface area contributed by atoms with Gasteiger partial charge in [0.05, 0.1) is 45.6 Å². The maximum absolute atomic E-state index is 14.3. The summed E-state index contributed by atoms with van der Waals surface area (Å²) in [4.78, 5) is 97.9. The van der Waals surface area contributed by atoms with Crippen LogP contribution in [0.2, 0.25) is 0 Å². The summed E-state index contributed by atoms with van der Waals surface area (Å²) in [5.74, 6) is -7.78. The Hall–Kier alpha value is -9.53. The molecule has 4 aliphatic heterocycles. The van der Waals surface area contributed by atoms with E-state index in [-0.39, 0.29) is 38.9 Å². The number of hydrogen-bond donors (Lipinski definition) is 2. The number of carbonyl (C=O) groups is 7. The zero-order chi connectivity index (χ0) is 65.0. The maximum atomic E-state index is 14.3. The van der Waals surface area contributed by atoms with Crippen LogP contribution in [0.1, 0.15) is 86.4 Å². The largest absolute Gasteiger partial charge is 0.459 e. The molecule has 0 saturated carbocycles. The number of rotatable bonds is 22. The van der Waals surface area contributed by atoms with E-state index in [0.717, 1.165) is 0 Å². The smallest absolute Gasteiger partial charge is 0.338 e. The molecule has 11 rings (SSSR count). The van der Waals surface area contributed by atoms with Crippen LogP contribution in [0.3, 0.4) is 0 Å². The summed E-state index contributed by atoms with van der Waals surface area (Å²) < 4.78 is 87.2. The molecule has 0 aliphatic carbocycles. The standard InChI is InChI=1S/C70H64O23/c1-70(2)92-59-56(91-68-55(87-64(77)45-32-18-7-19-33-45)51(72)53(85-62(75)43-28-14-5-15-29-43)49(84-68)39-80-60(73)41-24-10-3-11-25-41)52(90-69(59)93-70)48(71)38-82-67-58(89-66(79)47-36-22-9-23-37-47)57(88-65(78)46-34-20-8-21-35-46)54(86-63(76)44-30-16-6-17-31-44)50(83-67)40-81-61(74)42-26-12-4-13-27-42/h3-37,48-59,67-69,71-72H,38-40H2,1-2H3/t48?,49?,50?,51-,52-,53-,54-,55?,56-,57-,58?,59?,67+,68-,69-/m0/s1. The molecule has 4 saturated heterocycles. The number of benzene rings is 7. The Morgan fingerprint density at radius 2 is 0.731 bits per heavy atom. The fourth-order valence-corrected chi connectivity index (χ4v) is 10.8. The molecule has 482 valence electrons. The third kappa shape index (κ3) is 15.9. The summed E-state index contributed by atoms with van der Waals surface area (Å²) in [6.45, 7) is 0.973. The second-order valence-corrected chi connectivity index (χ2v) is 22.3. The summed E-state index contributed by atoms with van der Waals surface area (Å²) in [7, 11) is 0. The summed E-state index contributed by atoms with van der Waals surface area (Å²) in [5, 5.41) is 25.1. The van der Waals surface area contributed by atoms with Gasteiger partial charge in [-0.25, -0.2) is 33.6 Å². The van der Waals surface area contributed by atoms with Crippen LogP contribution in [0, 0.1) is 0 Å². The van der Waals surface area contributed by atoms with E-state index >= 15 is 0 Å². The molecule has 7 aromatic carbocycles. The molecule has 23 heteroatoms. The van der Waals surface area contributed by atoms with Gasteiger partial charge in [-0.3, -0.25) is 0 Å². The van der Waals surface area contributed by atoms with Gasteiger partial charge in [-0.2, -0.15) is 0 Å². The van der Waals surface area contributed by atoms with E-state index in [2.05, 4.69) is 0 Å². The first-order chi connectivity index (χ1) is 45.1. The minimum absolute atomic E-state index is 0.0232. The van der Waals surface area contributed by atoms with Gasteiger partial charge in [-0.15, -0.1) is 0 Å².